The summed E-state index contributed by atoms with van der Waals surface area (Å²) in [4.78, 5) is 24.1. The summed E-state index contributed by atoms with van der Waals surface area (Å²) >= 11 is 0. The molecule has 1 atom stereocenters. The minimum atomic E-state index is -0.930. The summed E-state index contributed by atoms with van der Waals surface area (Å²) in [7, 11) is 3.23. The third-order valence-electron chi connectivity index (χ3n) is 3.41. The number of nitrogens with one attached hydrogen (secondary N) is 1. The zero-order valence-electron chi connectivity index (χ0n) is 11.0. The molecule has 0 bridgehead atoms. The molecule has 2 amide bonds. The molecule has 0 saturated heterocycles. The zero-order valence-corrected chi connectivity index (χ0v) is 11.0. The topological polar surface area (TPSA) is 78.9 Å². The molecule has 104 valence electrons. The summed E-state index contributed by atoms with van der Waals surface area (Å²) in [5.74, 6) is -0.930. The van der Waals surface area contributed by atoms with Gasteiger partial charge in [-0.3, -0.25) is 4.79 Å². The molecule has 6 nitrogen and oxygen atoms in total. The number of methoxy groups -OCH3 is 1. The second-order valence-electron chi connectivity index (χ2n) is 4.69. The molecule has 0 aliphatic heterocycles. The fourth-order valence-corrected chi connectivity index (χ4v) is 2.22. The molecule has 6 heteroatoms. The number of hydrogen-bond acceptors (Lipinski definition) is 3. The molecule has 2 N–H and O–H groups in total. The van der Waals surface area contributed by atoms with E-state index in [2.05, 4.69) is 5.32 Å². The minimum Gasteiger partial charge on any atom is -0.481 e. The number of carboxylic acids is 1. The Morgan fingerprint density at radius 3 is 2.56 bits per heavy atom. The third kappa shape index (κ3) is 4.52. The molecule has 0 radical (unpaired) electrons. The lowest BCUT2D eigenvalue weighted by molar-refractivity contribution is -0.139. The van der Waals surface area contributed by atoms with E-state index in [1.807, 2.05) is 0 Å². The first-order valence-electron chi connectivity index (χ1n) is 6.29. The van der Waals surface area contributed by atoms with E-state index in [1.54, 1.807) is 11.9 Å². The molecular formula is C12H22N2O4. The summed E-state index contributed by atoms with van der Waals surface area (Å²) in [6.07, 6.45) is 3.84. The SMILES string of the molecule is COC(CNC(=O)N(C)C1CCCC1)CC(=O)O. The Labute approximate surface area is 107 Å². The maximum Gasteiger partial charge on any atom is 0.317 e. The second kappa shape index (κ2) is 7.20. The van der Waals surface area contributed by atoms with E-state index in [1.165, 1.54) is 20.0 Å². The van der Waals surface area contributed by atoms with Crippen molar-refractivity contribution >= 4 is 12.0 Å². The van der Waals surface area contributed by atoms with Gasteiger partial charge in [0.25, 0.3) is 0 Å². The number of hydrogen-bond donors (Lipinski definition) is 2. The van der Waals surface area contributed by atoms with Gasteiger partial charge >= 0.3 is 12.0 Å². The molecule has 0 aromatic carbocycles. The second-order valence-corrected chi connectivity index (χ2v) is 4.69. The van der Waals surface area contributed by atoms with Crippen LogP contribution in [-0.2, 0) is 9.53 Å². The molecule has 1 fully saturated rings. The fraction of sp³-hybridized carbons (Fsp3) is 0.833. The first kappa shape index (κ1) is 14.8. The first-order chi connectivity index (χ1) is 8.54. The maximum absolute atomic E-state index is 11.8. The van der Waals surface area contributed by atoms with Crippen LogP contribution in [0.3, 0.4) is 0 Å². The highest BCUT2D eigenvalue weighted by Gasteiger charge is 2.23. The monoisotopic (exact) mass is 258 g/mol. The van der Waals surface area contributed by atoms with Crippen molar-refractivity contribution < 1.29 is 19.4 Å². The summed E-state index contributed by atoms with van der Waals surface area (Å²) < 4.78 is 5.00. The van der Waals surface area contributed by atoms with Gasteiger partial charge in [-0.2, -0.15) is 0 Å². The van der Waals surface area contributed by atoms with Gasteiger partial charge in [0.1, 0.15) is 0 Å². The lowest BCUT2D eigenvalue weighted by Crippen LogP contribution is -2.45. The number of amides is 2. The molecule has 1 saturated carbocycles. The maximum atomic E-state index is 11.8. The number of rotatable bonds is 6. The average Bonchev–Trinajstić information content (AvgIpc) is 2.86. The van der Waals surface area contributed by atoms with Crippen LogP contribution in [0.25, 0.3) is 0 Å². The number of carboxylic acid groups (broad SMARTS) is 1. The summed E-state index contributed by atoms with van der Waals surface area (Å²) in [5.41, 5.74) is 0. The molecular weight excluding hydrogens is 236 g/mol. The highest BCUT2D eigenvalue weighted by atomic mass is 16.5. The largest absolute Gasteiger partial charge is 0.481 e. The van der Waals surface area contributed by atoms with Crippen LogP contribution in [0.2, 0.25) is 0 Å². The summed E-state index contributed by atoms with van der Waals surface area (Å²) in [6.45, 7) is 0.221. The van der Waals surface area contributed by atoms with Crippen molar-refractivity contribution in [3.05, 3.63) is 0 Å². The highest BCUT2D eigenvalue weighted by Crippen LogP contribution is 2.22. The van der Waals surface area contributed by atoms with Crippen LogP contribution >= 0.6 is 0 Å². The Morgan fingerprint density at radius 1 is 1.44 bits per heavy atom. The van der Waals surface area contributed by atoms with E-state index >= 15 is 0 Å². The summed E-state index contributed by atoms with van der Waals surface area (Å²) in [6, 6.07) is 0.153. The molecule has 0 aromatic rings. The van der Waals surface area contributed by atoms with Crippen molar-refractivity contribution in [1.29, 1.82) is 0 Å². The number of urea groups is 1. The van der Waals surface area contributed by atoms with Gasteiger partial charge in [-0.15, -0.1) is 0 Å². The van der Waals surface area contributed by atoms with Crippen molar-refractivity contribution in [2.24, 2.45) is 0 Å². The third-order valence-corrected chi connectivity index (χ3v) is 3.41. The molecule has 1 aliphatic carbocycles. The van der Waals surface area contributed by atoms with Crippen LogP contribution in [0.4, 0.5) is 4.79 Å². The molecule has 1 rings (SSSR count). The number of aliphatic carboxylic acids is 1. The van der Waals surface area contributed by atoms with Gasteiger partial charge in [0.2, 0.25) is 0 Å². The molecule has 0 heterocycles. The van der Waals surface area contributed by atoms with Crippen molar-refractivity contribution in [3.8, 4) is 0 Å². The van der Waals surface area contributed by atoms with E-state index in [4.69, 9.17) is 9.84 Å². The van der Waals surface area contributed by atoms with Gasteiger partial charge < -0.3 is 20.1 Å². The molecule has 18 heavy (non-hydrogen) atoms. The average molecular weight is 258 g/mol. The van der Waals surface area contributed by atoms with Gasteiger partial charge in [-0.1, -0.05) is 12.8 Å². The van der Waals surface area contributed by atoms with Crippen LogP contribution in [-0.4, -0.2) is 54.9 Å². The zero-order chi connectivity index (χ0) is 13.5. The van der Waals surface area contributed by atoms with Crippen molar-refractivity contribution in [2.75, 3.05) is 20.7 Å². The molecule has 0 aromatic heterocycles. The Kier molecular flexibility index (Phi) is 5.91. The van der Waals surface area contributed by atoms with Gasteiger partial charge in [0.05, 0.1) is 12.5 Å². The lowest BCUT2D eigenvalue weighted by atomic mass is 10.2. The van der Waals surface area contributed by atoms with Crippen LogP contribution < -0.4 is 5.32 Å². The van der Waals surface area contributed by atoms with E-state index in [-0.39, 0.29) is 19.0 Å². The lowest BCUT2D eigenvalue weighted by Gasteiger charge is -2.25. The minimum absolute atomic E-state index is 0.107. The van der Waals surface area contributed by atoms with Gasteiger partial charge in [-0.25, -0.2) is 4.79 Å². The Hall–Kier alpha value is -1.30. The van der Waals surface area contributed by atoms with E-state index < -0.39 is 12.1 Å². The summed E-state index contributed by atoms with van der Waals surface area (Å²) in [5, 5.41) is 11.4. The van der Waals surface area contributed by atoms with Crippen molar-refractivity contribution in [2.45, 2.75) is 44.2 Å². The number of carbonyl (C=O) groups excluding carboxylic acids is 1. The Morgan fingerprint density at radius 2 is 2.06 bits per heavy atom. The standard InChI is InChI=1S/C12H22N2O4/c1-14(9-5-3-4-6-9)12(17)13-8-10(18-2)7-11(15)16/h9-10H,3-8H2,1-2H3,(H,13,17)(H,15,16). The number of carbonyl (C=O) groups is 2. The molecule has 1 unspecified atom stereocenters. The predicted molar refractivity (Wildman–Crippen MR) is 66.5 cm³/mol. The molecule has 0 spiro atoms. The van der Waals surface area contributed by atoms with Crippen LogP contribution in [0.15, 0.2) is 0 Å². The highest BCUT2D eigenvalue weighted by molar-refractivity contribution is 5.74. The van der Waals surface area contributed by atoms with Crippen LogP contribution in [0, 0.1) is 0 Å². The number of ether oxygens (including phenoxy) is 1. The van der Waals surface area contributed by atoms with E-state index in [0.29, 0.717) is 6.04 Å². The first-order valence-corrected chi connectivity index (χ1v) is 6.29. The van der Waals surface area contributed by atoms with Gasteiger partial charge in [0.15, 0.2) is 0 Å². The quantitative estimate of drug-likeness (QED) is 0.746. The van der Waals surface area contributed by atoms with E-state index in [9.17, 15) is 9.59 Å². The van der Waals surface area contributed by atoms with Crippen LogP contribution in [0.1, 0.15) is 32.1 Å². The van der Waals surface area contributed by atoms with Crippen molar-refractivity contribution in [3.63, 3.8) is 0 Å². The van der Waals surface area contributed by atoms with Crippen LogP contribution in [0.5, 0.6) is 0 Å². The van der Waals surface area contributed by atoms with Gasteiger partial charge in [0, 0.05) is 26.7 Å². The van der Waals surface area contributed by atoms with Crippen molar-refractivity contribution in [1.82, 2.24) is 10.2 Å². The smallest absolute Gasteiger partial charge is 0.317 e. The van der Waals surface area contributed by atoms with E-state index in [0.717, 1.165) is 12.8 Å². The Bertz CT molecular complexity index is 290. The molecule has 1 aliphatic rings. The predicted octanol–water partition coefficient (Wildman–Crippen LogP) is 1.06. The number of nitrogens with zero attached hydrogens (tertiary/aromatic N) is 1. The van der Waals surface area contributed by atoms with Gasteiger partial charge in [-0.05, 0) is 12.8 Å². The Balaban J connectivity index is 2.32. The fourth-order valence-electron chi connectivity index (χ4n) is 2.22. The normalized spacial score (nSPS) is 17.4.